The molecule has 0 N–H and O–H groups in total. The van der Waals surface area contributed by atoms with Crippen molar-refractivity contribution >= 4 is 17.6 Å². The lowest BCUT2D eigenvalue weighted by Crippen LogP contribution is -2.35. The number of allylic oxidation sites excluding steroid dienone is 3. The van der Waals surface area contributed by atoms with Gasteiger partial charge in [0.15, 0.2) is 5.70 Å². The normalized spacial score (nSPS) is 24.5. The van der Waals surface area contributed by atoms with Crippen molar-refractivity contribution in [3.05, 3.63) is 46.4 Å². The van der Waals surface area contributed by atoms with Gasteiger partial charge in [0.2, 0.25) is 0 Å². The molecule has 0 fully saturated rings. The van der Waals surface area contributed by atoms with Gasteiger partial charge in [0.05, 0.1) is 17.9 Å². The molecule has 0 saturated heterocycles. The Hall–Kier alpha value is -2.24. The molecule has 5 rings (SSSR count). The van der Waals surface area contributed by atoms with Gasteiger partial charge < -0.3 is 9.80 Å². The molecule has 4 aliphatic rings. The van der Waals surface area contributed by atoms with Crippen molar-refractivity contribution in [3.63, 3.8) is 0 Å². The number of para-hydroxylation sites is 1. The highest BCUT2D eigenvalue weighted by atomic mass is 19.4. The minimum absolute atomic E-state index is 0.238. The van der Waals surface area contributed by atoms with Gasteiger partial charge in [0.25, 0.3) is 0 Å². The predicted octanol–water partition coefficient (Wildman–Crippen LogP) is 4.71. The Balaban J connectivity index is 1.87. The van der Waals surface area contributed by atoms with Crippen molar-refractivity contribution < 1.29 is 13.2 Å². The molecule has 1 unspecified atom stereocenters. The van der Waals surface area contributed by atoms with Crippen LogP contribution >= 0.6 is 0 Å². The first-order valence-electron chi connectivity index (χ1n) is 9.21. The second kappa shape index (κ2) is 5.38. The van der Waals surface area contributed by atoms with Crippen LogP contribution in [-0.4, -0.2) is 30.4 Å². The molecule has 3 nitrogen and oxygen atoms in total. The summed E-state index contributed by atoms with van der Waals surface area (Å²) >= 11 is 0. The van der Waals surface area contributed by atoms with Gasteiger partial charge in [0, 0.05) is 29.7 Å². The predicted molar refractivity (Wildman–Crippen MR) is 95.7 cm³/mol. The third-order valence-electron chi connectivity index (χ3n) is 5.93. The Morgan fingerprint density at radius 1 is 1.15 bits per heavy atom. The molecule has 6 heteroatoms. The zero-order chi connectivity index (χ0) is 18.1. The number of alkyl halides is 3. The van der Waals surface area contributed by atoms with Gasteiger partial charge in [-0.1, -0.05) is 25.1 Å². The van der Waals surface area contributed by atoms with Crippen LogP contribution in [-0.2, 0) is 6.42 Å². The molecule has 0 aromatic heterocycles. The van der Waals surface area contributed by atoms with Crippen molar-refractivity contribution in [2.75, 3.05) is 18.0 Å². The van der Waals surface area contributed by atoms with Gasteiger partial charge in [0.1, 0.15) is 0 Å². The monoisotopic (exact) mass is 359 g/mol. The Morgan fingerprint density at radius 2 is 2.00 bits per heavy atom. The zero-order valence-corrected chi connectivity index (χ0v) is 14.6. The minimum atomic E-state index is -4.47. The maximum atomic E-state index is 13.8. The Morgan fingerprint density at radius 3 is 2.81 bits per heavy atom. The summed E-state index contributed by atoms with van der Waals surface area (Å²) in [5.74, 6) is 0.244. The molecule has 0 radical (unpaired) electrons. The topological polar surface area (TPSA) is 18.8 Å². The van der Waals surface area contributed by atoms with Crippen molar-refractivity contribution in [2.45, 2.75) is 38.8 Å². The lowest BCUT2D eigenvalue weighted by molar-refractivity contribution is -0.0926. The van der Waals surface area contributed by atoms with Crippen LogP contribution in [0.2, 0.25) is 0 Å². The molecular weight excluding hydrogens is 339 g/mol. The van der Waals surface area contributed by atoms with E-state index in [2.05, 4.69) is 16.8 Å². The van der Waals surface area contributed by atoms with Gasteiger partial charge in [-0.15, -0.1) is 0 Å². The molecule has 0 amide bonds. The summed E-state index contributed by atoms with van der Waals surface area (Å²) in [6.07, 6.45) is 0.837. The van der Waals surface area contributed by atoms with E-state index in [0.29, 0.717) is 12.1 Å². The second-order valence-corrected chi connectivity index (χ2v) is 7.46. The number of anilines is 1. The van der Waals surface area contributed by atoms with Crippen LogP contribution in [0.25, 0.3) is 5.70 Å². The third-order valence-corrected chi connectivity index (χ3v) is 5.93. The van der Waals surface area contributed by atoms with Crippen LogP contribution in [0.1, 0.15) is 37.3 Å². The molecular formula is C20H20F3N3. The molecule has 136 valence electrons. The summed E-state index contributed by atoms with van der Waals surface area (Å²) in [6.45, 7) is 3.38. The van der Waals surface area contributed by atoms with Crippen LogP contribution in [0, 0.1) is 5.92 Å². The smallest absolute Gasteiger partial charge is 0.342 e. The number of fused-ring (bicyclic) bond motifs is 4. The van der Waals surface area contributed by atoms with Gasteiger partial charge in [-0.05, 0) is 37.2 Å². The molecule has 1 aromatic rings. The molecule has 1 atom stereocenters. The summed E-state index contributed by atoms with van der Waals surface area (Å²) in [4.78, 5) is 7.99. The van der Waals surface area contributed by atoms with E-state index < -0.39 is 11.9 Å². The Labute approximate surface area is 150 Å². The van der Waals surface area contributed by atoms with Gasteiger partial charge >= 0.3 is 6.18 Å². The first-order valence-corrected chi connectivity index (χ1v) is 9.21. The molecule has 0 saturated carbocycles. The standard InChI is InChI=1S/C20H20F3N3/c1-12-4-2-7-15-16(12)26-11-9-24-19(20(21,22)23)18(26)14-6-3-5-13-8-10-25(15)17(13)14/h3,5-6,9,12H,2,4,7-8,10-11H2,1H3. The fourth-order valence-corrected chi connectivity index (χ4v) is 4.93. The van der Waals surface area contributed by atoms with E-state index in [-0.39, 0.29) is 11.6 Å². The zero-order valence-electron chi connectivity index (χ0n) is 14.6. The number of hydrogen-bond acceptors (Lipinski definition) is 3. The summed E-state index contributed by atoms with van der Waals surface area (Å²) < 4.78 is 41.5. The summed E-state index contributed by atoms with van der Waals surface area (Å²) in [6, 6.07) is 5.75. The number of hydrogen-bond donors (Lipinski definition) is 0. The average molecular weight is 359 g/mol. The van der Waals surface area contributed by atoms with Gasteiger partial charge in [-0.25, -0.2) is 0 Å². The Bertz CT molecular complexity index is 879. The van der Waals surface area contributed by atoms with Crippen molar-refractivity contribution in [1.29, 1.82) is 0 Å². The molecule has 0 spiro atoms. The first kappa shape index (κ1) is 16.0. The fourth-order valence-electron chi connectivity index (χ4n) is 4.93. The van der Waals surface area contributed by atoms with E-state index in [1.54, 1.807) is 0 Å². The maximum absolute atomic E-state index is 13.8. The van der Waals surface area contributed by atoms with Crippen LogP contribution in [0.3, 0.4) is 0 Å². The first-order chi connectivity index (χ1) is 12.5. The molecule has 1 aliphatic carbocycles. The summed E-state index contributed by atoms with van der Waals surface area (Å²) in [5.41, 5.74) is 4.51. The lowest BCUT2D eigenvalue weighted by Gasteiger charge is -2.38. The van der Waals surface area contributed by atoms with E-state index in [0.717, 1.165) is 49.2 Å². The number of benzene rings is 1. The van der Waals surface area contributed by atoms with Gasteiger partial charge in [-0.2, -0.15) is 13.2 Å². The largest absolute Gasteiger partial charge is 0.435 e. The fraction of sp³-hybridized carbons (Fsp3) is 0.450. The minimum Gasteiger partial charge on any atom is -0.342 e. The second-order valence-electron chi connectivity index (χ2n) is 7.46. The van der Waals surface area contributed by atoms with Crippen LogP contribution in [0.5, 0.6) is 0 Å². The number of aliphatic imine (C=N–C) groups is 1. The van der Waals surface area contributed by atoms with Crippen LogP contribution in [0.15, 0.2) is 40.3 Å². The van der Waals surface area contributed by atoms with Crippen molar-refractivity contribution in [2.24, 2.45) is 10.9 Å². The van der Waals surface area contributed by atoms with Crippen molar-refractivity contribution in [3.8, 4) is 0 Å². The van der Waals surface area contributed by atoms with E-state index in [4.69, 9.17) is 0 Å². The van der Waals surface area contributed by atoms with Crippen LogP contribution in [0.4, 0.5) is 18.9 Å². The van der Waals surface area contributed by atoms with E-state index in [1.165, 1.54) is 11.9 Å². The average Bonchev–Trinajstić information content (AvgIpc) is 2.99. The van der Waals surface area contributed by atoms with Gasteiger partial charge in [-0.3, -0.25) is 4.99 Å². The molecule has 3 heterocycles. The highest BCUT2D eigenvalue weighted by Gasteiger charge is 2.45. The number of halogens is 3. The molecule has 3 aliphatic heterocycles. The number of nitrogens with zero attached hydrogens (tertiary/aromatic N) is 3. The quantitative estimate of drug-likeness (QED) is 0.668. The summed E-state index contributed by atoms with van der Waals surface area (Å²) in [7, 11) is 0. The highest BCUT2D eigenvalue weighted by Crippen LogP contribution is 2.51. The van der Waals surface area contributed by atoms with E-state index in [9.17, 15) is 13.2 Å². The van der Waals surface area contributed by atoms with Crippen molar-refractivity contribution in [1.82, 2.24) is 4.90 Å². The third kappa shape index (κ3) is 2.10. The molecule has 26 heavy (non-hydrogen) atoms. The maximum Gasteiger partial charge on any atom is 0.435 e. The highest BCUT2D eigenvalue weighted by molar-refractivity contribution is 5.88. The molecule has 1 aromatic carbocycles. The summed E-state index contributed by atoms with van der Waals surface area (Å²) in [5, 5.41) is 0. The SMILES string of the molecule is CC1CCCC2=C1N1CC=NC(C(F)(F)F)=C1c1cccc3c1N2CC3. The Kier molecular flexibility index (Phi) is 3.30. The van der Waals surface area contributed by atoms with E-state index in [1.807, 2.05) is 23.1 Å². The molecule has 0 bridgehead atoms. The van der Waals surface area contributed by atoms with Crippen LogP contribution < -0.4 is 4.90 Å². The van der Waals surface area contributed by atoms with E-state index >= 15 is 0 Å². The number of rotatable bonds is 0. The lowest BCUT2D eigenvalue weighted by atomic mass is 9.89.